The predicted octanol–water partition coefficient (Wildman–Crippen LogP) is 2.29. The van der Waals surface area contributed by atoms with Crippen LogP contribution in [0.2, 0.25) is 0 Å². The normalized spacial score (nSPS) is 24.1. The molecule has 0 aromatic heterocycles. The number of ether oxygens (including phenoxy) is 2. The summed E-state index contributed by atoms with van der Waals surface area (Å²) >= 11 is 3.53. The van der Waals surface area contributed by atoms with Crippen LogP contribution in [0.25, 0.3) is 0 Å². The van der Waals surface area contributed by atoms with Gasteiger partial charge in [-0.25, -0.2) is 0 Å². The molecule has 0 bridgehead atoms. The van der Waals surface area contributed by atoms with E-state index in [1.54, 1.807) is 0 Å². The Balaban J connectivity index is 1.69. The van der Waals surface area contributed by atoms with Gasteiger partial charge < -0.3 is 15.2 Å². The molecule has 1 spiro atoms. The van der Waals surface area contributed by atoms with Crippen molar-refractivity contribution in [3.63, 3.8) is 0 Å². The van der Waals surface area contributed by atoms with Gasteiger partial charge >= 0.3 is 0 Å². The molecule has 0 amide bonds. The van der Waals surface area contributed by atoms with Crippen molar-refractivity contribution in [1.82, 2.24) is 4.90 Å². The molecule has 20 heavy (non-hydrogen) atoms. The molecule has 1 unspecified atom stereocenters. The van der Waals surface area contributed by atoms with Crippen LogP contribution in [0.3, 0.4) is 0 Å². The molecule has 3 rings (SSSR count). The van der Waals surface area contributed by atoms with E-state index in [-0.39, 0.29) is 11.8 Å². The zero-order valence-corrected chi connectivity index (χ0v) is 13.1. The van der Waals surface area contributed by atoms with Crippen molar-refractivity contribution in [2.75, 3.05) is 32.8 Å². The van der Waals surface area contributed by atoms with Gasteiger partial charge in [0.15, 0.2) is 5.79 Å². The maximum atomic E-state index is 6.01. The predicted molar refractivity (Wildman–Crippen MR) is 81.4 cm³/mol. The van der Waals surface area contributed by atoms with Crippen LogP contribution in [-0.4, -0.2) is 43.5 Å². The molecule has 2 saturated heterocycles. The molecule has 0 aliphatic carbocycles. The van der Waals surface area contributed by atoms with Crippen molar-refractivity contribution in [3.05, 3.63) is 34.3 Å². The van der Waals surface area contributed by atoms with Crippen molar-refractivity contribution in [1.29, 1.82) is 0 Å². The maximum absolute atomic E-state index is 6.01. The van der Waals surface area contributed by atoms with Crippen LogP contribution in [0.15, 0.2) is 28.7 Å². The van der Waals surface area contributed by atoms with Crippen LogP contribution in [0, 0.1) is 0 Å². The van der Waals surface area contributed by atoms with Gasteiger partial charge in [0.1, 0.15) is 0 Å². The van der Waals surface area contributed by atoms with Crippen molar-refractivity contribution in [2.45, 2.75) is 24.7 Å². The highest BCUT2D eigenvalue weighted by atomic mass is 79.9. The van der Waals surface area contributed by atoms with E-state index in [2.05, 4.69) is 39.0 Å². The first-order valence-corrected chi connectivity index (χ1v) is 7.99. The summed E-state index contributed by atoms with van der Waals surface area (Å²) < 4.78 is 12.7. The summed E-state index contributed by atoms with van der Waals surface area (Å²) in [6, 6.07) is 8.69. The Morgan fingerprint density at radius 2 is 1.95 bits per heavy atom. The van der Waals surface area contributed by atoms with Crippen LogP contribution < -0.4 is 5.73 Å². The van der Waals surface area contributed by atoms with E-state index in [4.69, 9.17) is 15.2 Å². The minimum Gasteiger partial charge on any atom is -0.347 e. The lowest BCUT2D eigenvalue weighted by molar-refractivity contribution is -0.187. The molecule has 2 aliphatic rings. The minimum atomic E-state index is -0.313. The van der Waals surface area contributed by atoms with Gasteiger partial charge in [0.05, 0.1) is 13.2 Å². The molecule has 2 N–H and O–H groups in total. The Kier molecular flexibility index (Phi) is 4.43. The summed E-state index contributed by atoms with van der Waals surface area (Å²) in [5.41, 5.74) is 7.28. The van der Waals surface area contributed by atoms with Gasteiger partial charge in [0, 0.05) is 43.0 Å². The minimum absolute atomic E-state index is 0.270. The van der Waals surface area contributed by atoms with Gasteiger partial charge in [-0.05, 0) is 17.7 Å². The maximum Gasteiger partial charge on any atom is 0.170 e. The molecule has 2 fully saturated rings. The van der Waals surface area contributed by atoms with Crippen molar-refractivity contribution in [3.8, 4) is 0 Å². The molecule has 0 radical (unpaired) electrons. The van der Waals surface area contributed by atoms with Crippen molar-refractivity contribution >= 4 is 15.9 Å². The van der Waals surface area contributed by atoms with Gasteiger partial charge in [-0.2, -0.15) is 0 Å². The number of nitrogens with two attached hydrogens (primary N) is 1. The Labute approximate surface area is 128 Å². The Morgan fingerprint density at radius 1 is 1.25 bits per heavy atom. The van der Waals surface area contributed by atoms with Crippen molar-refractivity contribution in [2.24, 2.45) is 5.73 Å². The number of halogens is 1. The molecule has 110 valence electrons. The van der Waals surface area contributed by atoms with Gasteiger partial charge in [0.2, 0.25) is 0 Å². The number of hydrogen-bond acceptors (Lipinski definition) is 4. The van der Waals surface area contributed by atoms with Crippen LogP contribution in [0.1, 0.15) is 24.4 Å². The number of nitrogens with zero attached hydrogens (tertiary/aromatic N) is 1. The third-order valence-corrected chi connectivity index (χ3v) is 4.76. The second kappa shape index (κ2) is 6.12. The first-order valence-electron chi connectivity index (χ1n) is 7.20. The van der Waals surface area contributed by atoms with Gasteiger partial charge in [-0.15, -0.1) is 0 Å². The first kappa shape index (κ1) is 14.5. The largest absolute Gasteiger partial charge is 0.347 e. The topological polar surface area (TPSA) is 47.7 Å². The summed E-state index contributed by atoms with van der Waals surface area (Å²) in [5, 5.41) is 0. The highest BCUT2D eigenvalue weighted by Crippen LogP contribution is 2.34. The highest BCUT2D eigenvalue weighted by Gasteiger charge is 2.41. The Bertz CT molecular complexity index is 453. The number of piperidine rings is 1. The van der Waals surface area contributed by atoms with Crippen molar-refractivity contribution < 1.29 is 9.47 Å². The third kappa shape index (κ3) is 2.92. The number of hydrogen-bond donors (Lipinski definition) is 1. The Hall–Kier alpha value is -0.460. The van der Waals surface area contributed by atoms with E-state index in [0.29, 0.717) is 6.54 Å². The summed E-state index contributed by atoms with van der Waals surface area (Å²) in [7, 11) is 0. The van der Waals surface area contributed by atoms with E-state index in [1.807, 2.05) is 6.07 Å². The van der Waals surface area contributed by atoms with Crippen LogP contribution >= 0.6 is 15.9 Å². The second-order valence-electron chi connectivity index (χ2n) is 5.45. The second-order valence-corrected chi connectivity index (χ2v) is 6.37. The smallest absolute Gasteiger partial charge is 0.170 e. The summed E-state index contributed by atoms with van der Waals surface area (Å²) in [4.78, 5) is 2.44. The molecular weight excluding hydrogens is 320 g/mol. The SMILES string of the molecule is NCC(c1cccc(Br)c1)N1CCC2(CC1)OCCO2. The number of rotatable bonds is 3. The Morgan fingerprint density at radius 3 is 2.55 bits per heavy atom. The zero-order valence-electron chi connectivity index (χ0n) is 11.6. The molecule has 0 saturated carbocycles. The van der Waals surface area contributed by atoms with E-state index in [0.717, 1.165) is 43.6 Å². The molecule has 1 aromatic carbocycles. The molecule has 4 nitrogen and oxygen atoms in total. The van der Waals surface area contributed by atoms with Crippen LogP contribution in [0.4, 0.5) is 0 Å². The van der Waals surface area contributed by atoms with Crippen LogP contribution in [0.5, 0.6) is 0 Å². The molecular formula is C15H21BrN2O2. The average molecular weight is 341 g/mol. The lowest BCUT2D eigenvalue weighted by Crippen LogP contribution is -2.47. The zero-order chi connectivity index (χ0) is 14.0. The monoisotopic (exact) mass is 340 g/mol. The van der Waals surface area contributed by atoms with Gasteiger partial charge in [-0.1, -0.05) is 28.1 Å². The lowest BCUT2D eigenvalue weighted by Gasteiger charge is -2.41. The molecule has 2 heterocycles. The molecule has 5 heteroatoms. The van der Waals surface area contributed by atoms with Gasteiger partial charge in [-0.3, -0.25) is 4.90 Å². The molecule has 1 atom stereocenters. The fourth-order valence-corrected chi connectivity index (χ4v) is 3.59. The average Bonchev–Trinajstić information content (AvgIpc) is 2.91. The number of benzene rings is 1. The first-order chi connectivity index (χ1) is 9.72. The molecule has 2 aliphatic heterocycles. The van der Waals surface area contributed by atoms with E-state index >= 15 is 0 Å². The summed E-state index contributed by atoms with van der Waals surface area (Å²) in [6.07, 6.45) is 1.86. The highest BCUT2D eigenvalue weighted by molar-refractivity contribution is 9.10. The summed E-state index contributed by atoms with van der Waals surface area (Å²) in [6.45, 7) is 4.02. The fourth-order valence-electron chi connectivity index (χ4n) is 3.17. The summed E-state index contributed by atoms with van der Waals surface area (Å²) in [5.74, 6) is -0.313. The van der Waals surface area contributed by atoms with E-state index in [1.165, 1.54) is 5.56 Å². The van der Waals surface area contributed by atoms with E-state index in [9.17, 15) is 0 Å². The van der Waals surface area contributed by atoms with Crippen LogP contribution in [-0.2, 0) is 9.47 Å². The third-order valence-electron chi connectivity index (χ3n) is 4.27. The lowest BCUT2D eigenvalue weighted by atomic mass is 9.98. The van der Waals surface area contributed by atoms with Gasteiger partial charge in [0.25, 0.3) is 0 Å². The number of likely N-dealkylation sites (tertiary alicyclic amines) is 1. The standard InChI is InChI=1S/C15H21BrN2O2/c16-13-3-1-2-12(10-13)14(11-17)18-6-4-15(5-7-18)19-8-9-20-15/h1-3,10,14H,4-9,11,17H2. The quantitative estimate of drug-likeness (QED) is 0.916. The van der Waals surface area contributed by atoms with E-state index < -0.39 is 0 Å². The fraction of sp³-hybridized carbons (Fsp3) is 0.600. The molecule has 1 aromatic rings.